The molecule has 4 rings (SSSR count). The van der Waals surface area contributed by atoms with Crippen molar-refractivity contribution in [2.75, 3.05) is 50.0 Å². The molecule has 0 atom stereocenters. The minimum Gasteiger partial charge on any atom is -0.409 e. The molecule has 2 aromatic heterocycles. The van der Waals surface area contributed by atoms with Crippen molar-refractivity contribution in [2.24, 2.45) is 5.16 Å². The molecule has 0 unspecified atom stereocenters. The first-order valence-corrected chi connectivity index (χ1v) is 10.3. The summed E-state index contributed by atoms with van der Waals surface area (Å²) < 4.78 is 18.8. The van der Waals surface area contributed by atoms with Crippen molar-refractivity contribution >= 4 is 40.2 Å². The highest BCUT2D eigenvalue weighted by atomic mass is 35.5. The fourth-order valence-electron chi connectivity index (χ4n) is 3.38. The lowest BCUT2D eigenvalue weighted by Gasteiger charge is -2.26. The molecule has 0 saturated carbocycles. The summed E-state index contributed by atoms with van der Waals surface area (Å²) in [5, 5.41) is 19.1. The Hall–Kier alpha value is -2.95. The Morgan fingerprint density at radius 1 is 1.32 bits per heavy atom. The first kappa shape index (κ1) is 21.3. The van der Waals surface area contributed by atoms with E-state index in [2.05, 4.69) is 35.6 Å². The van der Waals surface area contributed by atoms with E-state index in [1.165, 1.54) is 18.2 Å². The average molecular weight is 448 g/mol. The summed E-state index contributed by atoms with van der Waals surface area (Å²) in [6.07, 6.45) is 2.54. The number of morpholine rings is 1. The standard InChI is InChI=1S/C20H23ClFN7O2/c21-15-12-13(2-3-16(15)22)25-18(28-30)14-4-6-23-19-17(14)26-20(27-19)24-5-1-7-29-8-10-31-11-9-29/h2-4,6,12,30H,1,5,7-11H2,(H,25,28)(H2,23,24,26,27). The minimum absolute atomic E-state index is 0.0349. The number of hydrogen-bond acceptors (Lipinski definition) is 7. The van der Waals surface area contributed by atoms with Gasteiger partial charge in [0.25, 0.3) is 0 Å². The van der Waals surface area contributed by atoms with Gasteiger partial charge in [-0.15, -0.1) is 0 Å². The molecule has 1 saturated heterocycles. The van der Waals surface area contributed by atoms with Gasteiger partial charge in [-0.3, -0.25) is 4.90 Å². The van der Waals surface area contributed by atoms with Gasteiger partial charge in [-0.25, -0.2) is 9.37 Å². The molecule has 1 fully saturated rings. The Morgan fingerprint density at radius 3 is 2.94 bits per heavy atom. The number of hydrogen-bond donors (Lipinski definition) is 4. The largest absolute Gasteiger partial charge is 0.409 e. The third-order valence-electron chi connectivity index (χ3n) is 4.98. The van der Waals surface area contributed by atoms with Gasteiger partial charge in [-0.05, 0) is 37.2 Å². The Labute approximate surface area is 183 Å². The predicted octanol–water partition coefficient (Wildman–Crippen LogP) is 3.13. The Bertz CT molecular complexity index is 1070. The number of nitrogens with zero attached hydrogens (tertiary/aromatic N) is 4. The molecule has 9 nitrogen and oxygen atoms in total. The number of H-pyrrole nitrogens is 1. The number of halogens is 2. The van der Waals surface area contributed by atoms with Gasteiger partial charge >= 0.3 is 0 Å². The van der Waals surface area contributed by atoms with Crippen LogP contribution in [0.1, 0.15) is 12.0 Å². The number of ether oxygens (including phenoxy) is 1. The lowest BCUT2D eigenvalue weighted by molar-refractivity contribution is 0.0378. The van der Waals surface area contributed by atoms with Crippen LogP contribution in [0.15, 0.2) is 35.6 Å². The van der Waals surface area contributed by atoms with E-state index in [0.29, 0.717) is 28.4 Å². The number of aromatic amines is 1. The van der Waals surface area contributed by atoms with E-state index in [1.54, 1.807) is 12.3 Å². The highest BCUT2D eigenvalue weighted by molar-refractivity contribution is 6.31. The lowest BCUT2D eigenvalue weighted by atomic mass is 10.2. The molecule has 1 aliphatic heterocycles. The lowest BCUT2D eigenvalue weighted by Crippen LogP contribution is -2.37. The van der Waals surface area contributed by atoms with Crippen LogP contribution in [0.5, 0.6) is 0 Å². The van der Waals surface area contributed by atoms with E-state index >= 15 is 0 Å². The molecule has 4 N–H and O–H groups in total. The Morgan fingerprint density at radius 2 is 2.16 bits per heavy atom. The van der Waals surface area contributed by atoms with Crippen molar-refractivity contribution < 1.29 is 14.3 Å². The maximum atomic E-state index is 13.4. The van der Waals surface area contributed by atoms with Gasteiger partial charge < -0.3 is 25.6 Å². The fraction of sp³-hybridized carbons (Fsp3) is 0.350. The van der Waals surface area contributed by atoms with Gasteiger partial charge in [0.15, 0.2) is 11.5 Å². The average Bonchev–Trinajstić information content (AvgIpc) is 3.21. The van der Waals surface area contributed by atoms with Crippen molar-refractivity contribution in [2.45, 2.75) is 6.42 Å². The number of aromatic nitrogens is 3. The van der Waals surface area contributed by atoms with Crippen LogP contribution < -0.4 is 10.6 Å². The maximum Gasteiger partial charge on any atom is 0.202 e. The zero-order chi connectivity index (χ0) is 21.6. The molecule has 31 heavy (non-hydrogen) atoms. The van der Waals surface area contributed by atoms with Gasteiger partial charge in [0.2, 0.25) is 5.95 Å². The van der Waals surface area contributed by atoms with E-state index in [1.807, 2.05) is 0 Å². The molecular formula is C20H23ClFN7O2. The van der Waals surface area contributed by atoms with Crippen LogP contribution >= 0.6 is 11.6 Å². The fourth-order valence-corrected chi connectivity index (χ4v) is 3.56. The van der Waals surface area contributed by atoms with Crippen LogP contribution in [0, 0.1) is 5.82 Å². The highest BCUT2D eigenvalue weighted by Crippen LogP contribution is 2.22. The van der Waals surface area contributed by atoms with Crippen molar-refractivity contribution in [1.82, 2.24) is 19.9 Å². The molecule has 0 spiro atoms. The normalized spacial score (nSPS) is 15.4. The van der Waals surface area contributed by atoms with Crippen LogP contribution in [0.2, 0.25) is 5.02 Å². The number of benzene rings is 1. The summed E-state index contributed by atoms with van der Waals surface area (Å²) in [5.74, 6) is 0.204. The van der Waals surface area contributed by atoms with Crippen LogP contribution in [-0.2, 0) is 4.74 Å². The molecule has 0 amide bonds. The Balaban J connectivity index is 1.44. The number of oxime groups is 1. The van der Waals surface area contributed by atoms with E-state index in [9.17, 15) is 9.60 Å². The number of nitrogens with one attached hydrogen (secondary N) is 3. The summed E-state index contributed by atoms with van der Waals surface area (Å²) >= 11 is 5.83. The molecule has 0 radical (unpaired) electrons. The molecule has 0 aliphatic carbocycles. The predicted molar refractivity (Wildman–Crippen MR) is 118 cm³/mol. The SMILES string of the molecule is O/N=C(\Nc1ccc(F)c(Cl)c1)c1ccnc2nc(NCCCN3CCOCC3)[nH]c12. The molecule has 1 aliphatic rings. The first-order valence-electron chi connectivity index (χ1n) is 9.97. The minimum atomic E-state index is -0.529. The highest BCUT2D eigenvalue weighted by Gasteiger charge is 2.15. The van der Waals surface area contributed by atoms with Gasteiger partial charge in [0, 0.05) is 37.1 Å². The third-order valence-corrected chi connectivity index (χ3v) is 5.27. The Kier molecular flexibility index (Phi) is 6.80. The van der Waals surface area contributed by atoms with Crippen LogP contribution in [-0.4, -0.2) is 70.3 Å². The third kappa shape index (κ3) is 5.22. The van der Waals surface area contributed by atoms with Crippen molar-refractivity contribution in [3.8, 4) is 0 Å². The summed E-state index contributed by atoms with van der Waals surface area (Å²) in [6, 6.07) is 5.83. The van der Waals surface area contributed by atoms with Crippen LogP contribution in [0.3, 0.4) is 0 Å². The second-order valence-electron chi connectivity index (χ2n) is 7.08. The van der Waals surface area contributed by atoms with Gasteiger partial charge in [0.05, 0.1) is 23.8 Å². The monoisotopic (exact) mass is 447 g/mol. The summed E-state index contributed by atoms with van der Waals surface area (Å²) in [4.78, 5) is 14.3. The molecule has 0 bridgehead atoms. The summed E-state index contributed by atoms with van der Waals surface area (Å²) in [5.41, 5.74) is 2.12. The van der Waals surface area contributed by atoms with Crippen molar-refractivity contribution in [3.63, 3.8) is 0 Å². The molecule has 3 heterocycles. The first-order chi connectivity index (χ1) is 15.1. The molecule has 1 aromatic carbocycles. The maximum absolute atomic E-state index is 13.4. The van der Waals surface area contributed by atoms with E-state index in [4.69, 9.17) is 16.3 Å². The van der Waals surface area contributed by atoms with Crippen LogP contribution in [0.4, 0.5) is 16.0 Å². The molecule has 164 valence electrons. The quantitative estimate of drug-likeness (QED) is 0.145. The number of pyridine rings is 1. The number of amidine groups is 1. The smallest absolute Gasteiger partial charge is 0.202 e. The summed E-state index contributed by atoms with van der Waals surface area (Å²) in [7, 11) is 0. The topological polar surface area (TPSA) is 111 Å². The molecule has 3 aromatic rings. The summed E-state index contributed by atoms with van der Waals surface area (Å²) in [6.45, 7) is 5.25. The molecule has 11 heteroatoms. The van der Waals surface area contributed by atoms with Gasteiger partial charge in [-0.1, -0.05) is 16.8 Å². The van der Waals surface area contributed by atoms with Crippen molar-refractivity contribution in [1.29, 1.82) is 0 Å². The number of imidazole rings is 1. The number of anilines is 2. The zero-order valence-corrected chi connectivity index (χ0v) is 17.5. The van der Waals surface area contributed by atoms with Crippen LogP contribution in [0.25, 0.3) is 11.2 Å². The van der Waals surface area contributed by atoms with E-state index in [0.717, 1.165) is 45.8 Å². The zero-order valence-electron chi connectivity index (χ0n) is 16.7. The van der Waals surface area contributed by atoms with E-state index < -0.39 is 5.82 Å². The van der Waals surface area contributed by atoms with Crippen molar-refractivity contribution in [3.05, 3.63) is 46.9 Å². The second kappa shape index (κ2) is 9.90. The van der Waals surface area contributed by atoms with Gasteiger partial charge in [0.1, 0.15) is 5.82 Å². The van der Waals surface area contributed by atoms with E-state index in [-0.39, 0.29) is 10.9 Å². The molecular weight excluding hydrogens is 425 g/mol. The van der Waals surface area contributed by atoms with Gasteiger partial charge in [-0.2, -0.15) is 4.98 Å². The number of fused-ring (bicyclic) bond motifs is 1. The second-order valence-corrected chi connectivity index (χ2v) is 7.49. The number of rotatable bonds is 7.